The lowest BCUT2D eigenvalue weighted by atomic mass is 10.2. The van der Waals surface area contributed by atoms with Crippen LogP contribution in [0.25, 0.3) is 11.0 Å². The van der Waals surface area contributed by atoms with Crippen LogP contribution in [0.1, 0.15) is 35.2 Å². The van der Waals surface area contributed by atoms with E-state index in [0.717, 1.165) is 29.0 Å². The number of aromatic amines is 1. The number of hydrogen-bond acceptors (Lipinski definition) is 6. The van der Waals surface area contributed by atoms with Gasteiger partial charge in [-0.1, -0.05) is 12.1 Å². The Morgan fingerprint density at radius 1 is 1.25 bits per heavy atom. The summed E-state index contributed by atoms with van der Waals surface area (Å²) in [5.41, 5.74) is 2.04. The summed E-state index contributed by atoms with van der Waals surface area (Å²) < 4.78 is 0. The summed E-state index contributed by atoms with van der Waals surface area (Å²) in [5.74, 6) is 1.14. The van der Waals surface area contributed by atoms with Crippen molar-refractivity contribution in [2.24, 2.45) is 0 Å². The highest BCUT2D eigenvalue weighted by molar-refractivity contribution is 7.98. The van der Waals surface area contributed by atoms with Crippen molar-refractivity contribution in [1.82, 2.24) is 30.6 Å². The Hall–Kier alpha value is -2.94. The molecule has 0 saturated carbocycles. The normalized spacial score (nSPS) is 11.9. The topological polar surface area (TPSA) is 113 Å². The number of imidazole rings is 1. The number of nitrogens with one attached hydrogen (secondary N) is 3. The molecule has 28 heavy (non-hydrogen) atoms. The van der Waals surface area contributed by atoms with E-state index in [2.05, 4.69) is 30.6 Å². The van der Waals surface area contributed by atoms with Crippen LogP contribution >= 0.6 is 11.8 Å². The van der Waals surface area contributed by atoms with Crippen molar-refractivity contribution < 1.29 is 9.59 Å². The lowest BCUT2D eigenvalue weighted by molar-refractivity contribution is -0.121. The smallest absolute Gasteiger partial charge is 0.271 e. The minimum Gasteiger partial charge on any atom is -0.350 e. The third-order valence-corrected chi connectivity index (χ3v) is 4.76. The molecule has 9 heteroatoms. The van der Waals surface area contributed by atoms with Crippen molar-refractivity contribution in [3.05, 3.63) is 54.4 Å². The van der Waals surface area contributed by atoms with Crippen LogP contribution in [0, 0.1) is 0 Å². The van der Waals surface area contributed by atoms with Crippen LogP contribution in [-0.4, -0.2) is 50.3 Å². The summed E-state index contributed by atoms with van der Waals surface area (Å²) in [6.07, 6.45) is 7.29. The largest absolute Gasteiger partial charge is 0.350 e. The SMILES string of the molecule is CSCC[C@H](NC(=O)CCNC(=O)c1cnccn1)c1nc2ccccc2[nH]1. The number of rotatable bonds is 9. The van der Waals surface area contributed by atoms with Crippen LogP contribution < -0.4 is 10.6 Å². The molecule has 1 aromatic carbocycles. The van der Waals surface area contributed by atoms with Crippen molar-refractivity contribution in [1.29, 1.82) is 0 Å². The zero-order valence-electron chi connectivity index (χ0n) is 15.5. The summed E-state index contributed by atoms with van der Waals surface area (Å²) in [4.78, 5) is 40.0. The van der Waals surface area contributed by atoms with E-state index in [9.17, 15) is 9.59 Å². The maximum Gasteiger partial charge on any atom is 0.271 e. The van der Waals surface area contributed by atoms with Crippen molar-refractivity contribution in [3.63, 3.8) is 0 Å². The molecule has 146 valence electrons. The standard InChI is InChI=1S/C19H22N6O2S/c1-28-11-7-15(18-24-13-4-2-3-5-14(13)25-18)23-17(26)6-8-22-19(27)16-12-20-9-10-21-16/h2-5,9-10,12,15H,6-8,11H2,1H3,(H,22,27)(H,23,26)(H,24,25)/t15-/m0/s1. The van der Waals surface area contributed by atoms with Crippen LogP contribution in [0.5, 0.6) is 0 Å². The number of carbonyl (C=O) groups excluding carboxylic acids is 2. The number of hydrogen-bond donors (Lipinski definition) is 3. The molecular weight excluding hydrogens is 376 g/mol. The van der Waals surface area contributed by atoms with Gasteiger partial charge in [-0.05, 0) is 30.6 Å². The van der Waals surface area contributed by atoms with Crippen LogP contribution in [0.15, 0.2) is 42.9 Å². The number of thioether (sulfide) groups is 1. The average Bonchev–Trinajstić information content (AvgIpc) is 3.15. The van der Waals surface area contributed by atoms with Gasteiger partial charge in [-0.2, -0.15) is 11.8 Å². The molecule has 0 saturated heterocycles. The summed E-state index contributed by atoms with van der Waals surface area (Å²) >= 11 is 1.72. The van der Waals surface area contributed by atoms with Gasteiger partial charge in [-0.3, -0.25) is 14.6 Å². The van der Waals surface area contributed by atoms with Crippen molar-refractivity contribution in [3.8, 4) is 0 Å². The quantitative estimate of drug-likeness (QED) is 0.509. The zero-order chi connectivity index (χ0) is 19.8. The van der Waals surface area contributed by atoms with E-state index in [4.69, 9.17) is 0 Å². The second-order valence-electron chi connectivity index (χ2n) is 6.14. The Labute approximate surface area is 167 Å². The Kier molecular flexibility index (Phi) is 6.96. The molecule has 0 aliphatic heterocycles. The Balaban J connectivity index is 1.56. The molecule has 0 radical (unpaired) electrons. The first kappa shape index (κ1) is 19.8. The molecule has 2 heterocycles. The second-order valence-corrected chi connectivity index (χ2v) is 7.12. The molecule has 0 unspecified atom stereocenters. The number of fused-ring (bicyclic) bond motifs is 1. The fraction of sp³-hybridized carbons (Fsp3) is 0.316. The molecule has 1 atom stereocenters. The predicted molar refractivity (Wildman–Crippen MR) is 109 cm³/mol. The number of carbonyl (C=O) groups is 2. The first-order valence-electron chi connectivity index (χ1n) is 8.94. The van der Waals surface area contributed by atoms with E-state index >= 15 is 0 Å². The summed E-state index contributed by atoms with van der Waals surface area (Å²) in [7, 11) is 0. The van der Waals surface area contributed by atoms with Crippen molar-refractivity contribution in [2.45, 2.75) is 18.9 Å². The molecule has 8 nitrogen and oxygen atoms in total. The van der Waals surface area contributed by atoms with Gasteiger partial charge in [0.05, 0.1) is 23.3 Å². The first-order chi connectivity index (χ1) is 13.7. The minimum atomic E-state index is -0.350. The van der Waals surface area contributed by atoms with E-state index in [1.807, 2.05) is 30.5 Å². The number of para-hydroxylation sites is 2. The molecule has 0 spiro atoms. The van der Waals surface area contributed by atoms with Crippen LogP contribution in [-0.2, 0) is 4.79 Å². The van der Waals surface area contributed by atoms with Crippen LogP contribution in [0.3, 0.4) is 0 Å². The molecule has 0 fully saturated rings. The van der Waals surface area contributed by atoms with E-state index in [1.54, 1.807) is 11.8 Å². The number of amides is 2. The van der Waals surface area contributed by atoms with Gasteiger partial charge in [-0.25, -0.2) is 9.97 Å². The Morgan fingerprint density at radius 3 is 2.86 bits per heavy atom. The Morgan fingerprint density at radius 2 is 2.11 bits per heavy atom. The van der Waals surface area contributed by atoms with Gasteiger partial charge in [0.15, 0.2) is 0 Å². The molecule has 2 aromatic heterocycles. The summed E-state index contributed by atoms with van der Waals surface area (Å²) in [5, 5.41) is 5.70. The summed E-state index contributed by atoms with van der Waals surface area (Å²) in [6.45, 7) is 0.219. The van der Waals surface area contributed by atoms with Gasteiger partial charge < -0.3 is 15.6 Å². The lowest BCUT2D eigenvalue weighted by Crippen LogP contribution is -2.33. The van der Waals surface area contributed by atoms with E-state index < -0.39 is 0 Å². The highest BCUT2D eigenvalue weighted by Crippen LogP contribution is 2.20. The lowest BCUT2D eigenvalue weighted by Gasteiger charge is -2.16. The zero-order valence-corrected chi connectivity index (χ0v) is 16.3. The molecule has 0 aliphatic rings. The molecule has 2 amide bonds. The van der Waals surface area contributed by atoms with E-state index in [-0.39, 0.29) is 36.5 Å². The first-order valence-corrected chi connectivity index (χ1v) is 10.3. The molecule has 0 aliphatic carbocycles. The van der Waals surface area contributed by atoms with Gasteiger partial charge in [0.2, 0.25) is 5.91 Å². The Bertz CT molecular complexity index is 897. The highest BCUT2D eigenvalue weighted by Gasteiger charge is 2.18. The van der Waals surface area contributed by atoms with Gasteiger partial charge in [0, 0.05) is 25.4 Å². The highest BCUT2D eigenvalue weighted by atomic mass is 32.2. The minimum absolute atomic E-state index is 0.147. The number of aromatic nitrogens is 4. The van der Waals surface area contributed by atoms with Crippen molar-refractivity contribution >= 4 is 34.6 Å². The maximum atomic E-state index is 12.4. The van der Waals surface area contributed by atoms with Gasteiger partial charge in [0.25, 0.3) is 5.91 Å². The monoisotopic (exact) mass is 398 g/mol. The molecule has 0 bridgehead atoms. The molecule has 3 N–H and O–H groups in total. The molecule has 3 aromatic rings. The fourth-order valence-corrected chi connectivity index (χ4v) is 3.18. The third kappa shape index (κ3) is 5.29. The third-order valence-electron chi connectivity index (χ3n) is 4.12. The van der Waals surface area contributed by atoms with Gasteiger partial charge in [0.1, 0.15) is 11.5 Å². The molecular formula is C19H22N6O2S. The number of benzene rings is 1. The van der Waals surface area contributed by atoms with E-state index in [0.29, 0.717) is 0 Å². The van der Waals surface area contributed by atoms with Crippen LogP contribution in [0.4, 0.5) is 0 Å². The van der Waals surface area contributed by atoms with Crippen molar-refractivity contribution in [2.75, 3.05) is 18.6 Å². The maximum absolute atomic E-state index is 12.4. The average molecular weight is 398 g/mol. The fourth-order valence-electron chi connectivity index (χ4n) is 2.71. The van der Waals surface area contributed by atoms with E-state index in [1.165, 1.54) is 18.6 Å². The summed E-state index contributed by atoms with van der Waals surface area (Å²) in [6, 6.07) is 7.57. The van der Waals surface area contributed by atoms with Gasteiger partial charge in [-0.15, -0.1) is 0 Å². The van der Waals surface area contributed by atoms with Crippen LogP contribution in [0.2, 0.25) is 0 Å². The number of H-pyrrole nitrogens is 1. The predicted octanol–water partition coefficient (Wildman–Crippen LogP) is 2.08. The number of nitrogens with zero attached hydrogens (tertiary/aromatic N) is 3. The molecule has 3 rings (SSSR count). The van der Waals surface area contributed by atoms with Gasteiger partial charge >= 0.3 is 0 Å². The second kappa shape index (κ2) is 9.84.